The van der Waals surface area contributed by atoms with Crippen molar-refractivity contribution in [2.75, 3.05) is 11.9 Å². The molecule has 0 bridgehead atoms. The van der Waals surface area contributed by atoms with Gasteiger partial charge >= 0.3 is 0 Å². The SMILES string of the molecule is CCCc1nc(Cl)cc(NCC2CCC2)n1. The van der Waals surface area contributed by atoms with Crippen molar-refractivity contribution in [2.45, 2.75) is 39.0 Å². The van der Waals surface area contributed by atoms with Crippen LogP contribution in [0.15, 0.2) is 6.07 Å². The minimum absolute atomic E-state index is 0.537. The van der Waals surface area contributed by atoms with Gasteiger partial charge in [-0.15, -0.1) is 0 Å². The van der Waals surface area contributed by atoms with Gasteiger partial charge in [-0.25, -0.2) is 9.97 Å². The molecule has 4 heteroatoms. The van der Waals surface area contributed by atoms with Crippen LogP contribution in [0.2, 0.25) is 5.15 Å². The highest BCUT2D eigenvalue weighted by molar-refractivity contribution is 6.29. The second-order valence-electron chi connectivity index (χ2n) is 4.42. The van der Waals surface area contributed by atoms with Crippen LogP contribution in [0.25, 0.3) is 0 Å². The van der Waals surface area contributed by atoms with E-state index in [0.717, 1.165) is 36.9 Å². The molecule has 3 nitrogen and oxygen atoms in total. The molecule has 1 aromatic heterocycles. The average molecular weight is 240 g/mol. The molecule has 0 atom stereocenters. The number of hydrogen-bond acceptors (Lipinski definition) is 3. The van der Waals surface area contributed by atoms with Gasteiger partial charge in [0.05, 0.1) is 0 Å². The Balaban J connectivity index is 1.95. The minimum Gasteiger partial charge on any atom is -0.370 e. The first kappa shape index (κ1) is 11.6. The van der Waals surface area contributed by atoms with Crippen LogP contribution in [0.5, 0.6) is 0 Å². The van der Waals surface area contributed by atoms with Gasteiger partial charge in [0.15, 0.2) is 0 Å². The Labute approximate surface area is 102 Å². The zero-order valence-corrected chi connectivity index (χ0v) is 10.4. The zero-order chi connectivity index (χ0) is 11.4. The van der Waals surface area contributed by atoms with Crippen LogP contribution in [0, 0.1) is 5.92 Å². The van der Waals surface area contributed by atoms with Crippen LogP contribution in [0.4, 0.5) is 5.82 Å². The summed E-state index contributed by atoms with van der Waals surface area (Å²) in [4.78, 5) is 8.65. The Morgan fingerprint density at radius 3 is 2.88 bits per heavy atom. The molecular weight excluding hydrogens is 222 g/mol. The molecule has 16 heavy (non-hydrogen) atoms. The highest BCUT2D eigenvalue weighted by Crippen LogP contribution is 2.26. The summed E-state index contributed by atoms with van der Waals surface area (Å²) in [6.07, 6.45) is 5.99. The second-order valence-corrected chi connectivity index (χ2v) is 4.81. The first-order chi connectivity index (χ1) is 7.78. The largest absolute Gasteiger partial charge is 0.370 e. The lowest BCUT2D eigenvalue weighted by Crippen LogP contribution is -2.21. The summed E-state index contributed by atoms with van der Waals surface area (Å²) in [5.74, 6) is 2.53. The molecule has 0 spiro atoms. The summed E-state index contributed by atoms with van der Waals surface area (Å²) in [5, 5.41) is 3.89. The molecule has 2 rings (SSSR count). The standard InChI is InChI=1S/C12H18ClN3/c1-2-4-11-15-10(13)7-12(16-11)14-8-9-5-3-6-9/h7,9H,2-6,8H2,1H3,(H,14,15,16). The molecular formula is C12H18ClN3. The molecule has 1 heterocycles. The molecule has 1 fully saturated rings. The Bertz CT molecular complexity index is 350. The Hall–Kier alpha value is -0.830. The quantitative estimate of drug-likeness (QED) is 0.802. The van der Waals surface area contributed by atoms with Crippen LogP contribution >= 0.6 is 11.6 Å². The molecule has 0 radical (unpaired) electrons. The molecule has 1 aliphatic carbocycles. The number of halogens is 1. The van der Waals surface area contributed by atoms with Crippen LogP contribution < -0.4 is 5.32 Å². The topological polar surface area (TPSA) is 37.8 Å². The predicted molar refractivity (Wildman–Crippen MR) is 66.9 cm³/mol. The van der Waals surface area contributed by atoms with E-state index in [4.69, 9.17) is 11.6 Å². The van der Waals surface area contributed by atoms with Crippen LogP contribution in [-0.2, 0) is 6.42 Å². The highest BCUT2D eigenvalue weighted by Gasteiger charge is 2.17. The number of aryl methyl sites for hydroxylation is 1. The number of aromatic nitrogens is 2. The van der Waals surface area contributed by atoms with Crippen molar-refractivity contribution in [3.05, 3.63) is 17.0 Å². The predicted octanol–water partition coefficient (Wildman–Crippen LogP) is 3.29. The van der Waals surface area contributed by atoms with Crippen molar-refractivity contribution in [1.29, 1.82) is 0 Å². The smallest absolute Gasteiger partial charge is 0.134 e. The Morgan fingerprint density at radius 1 is 1.44 bits per heavy atom. The van der Waals surface area contributed by atoms with Gasteiger partial charge in [-0.2, -0.15) is 0 Å². The zero-order valence-electron chi connectivity index (χ0n) is 9.67. The van der Waals surface area contributed by atoms with Crippen LogP contribution in [0.3, 0.4) is 0 Å². The van der Waals surface area contributed by atoms with Gasteiger partial charge in [-0.1, -0.05) is 24.9 Å². The molecule has 88 valence electrons. The van der Waals surface area contributed by atoms with Gasteiger partial charge < -0.3 is 5.32 Å². The van der Waals surface area contributed by atoms with Gasteiger partial charge in [-0.05, 0) is 25.2 Å². The van der Waals surface area contributed by atoms with E-state index < -0.39 is 0 Å². The van der Waals surface area contributed by atoms with Crippen molar-refractivity contribution in [3.63, 3.8) is 0 Å². The van der Waals surface area contributed by atoms with E-state index in [0.29, 0.717) is 5.15 Å². The van der Waals surface area contributed by atoms with Gasteiger partial charge in [0.25, 0.3) is 0 Å². The molecule has 0 amide bonds. The fourth-order valence-corrected chi connectivity index (χ4v) is 2.04. The van der Waals surface area contributed by atoms with E-state index >= 15 is 0 Å². The normalized spacial score (nSPS) is 15.9. The highest BCUT2D eigenvalue weighted by atomic mass is 35.5. The van der Waals surface area contributed by atoms with Crippen molar-refractivity contribution in [1.82, 2.24) is 9.97 Å². The lowest BCUT2D eigenvalue weighted by atomic mass is 9.85. The second kappa shape index (κ2) is 5.48. The van der Waals surface area contributed by atoms with Crippen LogP contribution in [-0.4, -0.2) is 16.5 Å². The van der Waals surface area contributed by atoms with E-state index in [-0.39, 0.29) is 0 Å². The summed E-state index contributed by atoms with van der Waals surface area (Å²) < 4.78 is 0. The number of nitrogens with one attached hydrogen (secondary N) is 1. The van der Waals surface area contributed by atoms with Crippen molar-refractivity contribution in [2.24, 2.45) is 5.92 Å². The third kappa shape index (κ3) is 3.08. The molecule has 0 aliphatic heterocycles. The fraction of sp³-hybridized carbons (Fsp3) is 0.667. The lowest BCUT2D eigenvalue weighted by Gasteiger charge is -2.25. The van der Waals surface area contributed by atoms with Gasteiger partial charge in [0.2, 0.25) is 0 Å². The molecule has 0 saturated heterocycles. The van der Waals surface area contributed by atoms with Gasteiger partial charge in [-0.3, -0.25) is 0 Å². The summed E-state index contributed by atoms with van der Waals surface area (Å²) in [6, 6.07) is 1.80. The van der Waals surface area contributed by atoms with Crippen molar-refractivity contribution in [3.8, 4) is 0 Å². The summed E-state index contributed by atoms with van der Waals surface area (Å²) in [6.45, 7) is 3.13. The van der Waals surface area contributed by atoms with E-state index in [1.54, 1.807) is 6.07 Å². The maximum Gasteiger partial charge on any atom is 0.134 e. The Kier molecular flexibility index (Phi) is 3.99. The lowest BCUT2D eigenvalue weighted by molar-refractivity contribution is 0.333. The minimum atomic E-state index is 0.537. The molecule has 0 unspecified atom stereocenters. The number of hydrogen-bond donors (Lipinski definition) is 1. The molecule has 1 N–H and O–H groups in total. The van der Waals surface area contributed by atoms with Crippen molar-refractivity contribution >= 4 is 17.4 Å². The third-order valence-corrected chi connectivity index (χ3v) is 3.21. The molecule has 1 aromatic rings. The molecule has 1 saturated carbocycles. The van der Waals surface area contributed by atoms with E-state index in [1.807, 2.05) is 0 Å². The number of nitrogens with zero attached hydrogens (tertiary/aromatic N) is 2. The van der Waals surface area contributed by atoms with Gasteiger partial charge in [0.1, 0.15) is 16.8 Å². The van der Waals surface area contributed by atoms with Gasteiger partial charge in [0, 0.05) is 19.0 Å². The molecule has 0 aromatic carbocycles. The maximum absolute atomic E-state index is 5.96. The first-order valence-electron chi connectivity index (χ1n) is 6.05. The number of rotatable bonds is 5. The first-order valence-corrected chi connectivity index (χ1v) is 6.43. The fourth-order valence-electron chi connectivity index (χ4n) is 1.84. The maximum atomic E-state index is 5.96. The van der Waals surface area contributed by atoms with Crippen molar-refractivity contribution < 1.29 is 0 Å². The summed E-state index contributed by atoms with van der Waals surface area (Å²) in [7, 11) is 0. The monoisotopic (exact) mass is 239 g/mol. The van der Waals surface area contributed by atoms with Crippen LogP contribution in [0.1, 0.15) is 38.4 Å². The van der Waals surface area contributed by atoms with E-state index in [2.05, 4.69) is 22.2 Å². The Morgan fingerprint density at radius 2 is 2.25 bits per heavy atom. The van der Waals surface area contributed by atoms with E-state index in [1.165, 1.54) is 19.3 Å². The number of anilines is 1. The van der Waals surface area contributed by atoms with E-state index in [9.17, 15) is 0 Å². The summed E-state index contributed by atoms with van der Waals surface area (Å²) in [5.41, 5.74) is 0. The molecule has 1 aliphatic rings. The summed E-state index contributed by atoms with van der Waals surface area (Å²) >= 11 is 5.96. The average Bonchev–Trinajstić information content (AvgIpc) is 2.14. The third-order valence-electron chi connectivity index (χ3n) is 3.01.